The fraction of sp³-hybridized carbons (Fsp3) is 0.286. The summed E-state index contributed by atoms with van der Waals surface area (Å²) in [5.41, 5.74) is 5.04. The number of rotatable bonds is 5. The molecule has 0 aliphatic carbocycles. The molecule has 1 atom stereocenters. The molecule has 3 N–H and O–H groups in total. The minimum atomic E-state index is -0.0512. The van der Waals surface area contributed by atoms with Crippen LogP contribution in [-0.2, 0) is 0 Å². The average molecular weight is 278 g/mol. The van der Waals surface area contributed by atoms with Crippen LogP contribution in [0.25, 0.3) is 0 Å². The van der Waals surface area contributed by atoms with Crippen molar-refractivity contribution in [2.45, 2.75) is 13.0 Å². The molecule has 0 saturated heterocycles. The molecule has 0 aliphatic heterocycles. The number of hydrogen-bond acceptors (Lipinski definition) is 5. The molecule has 4 nitrogen and oxygen atoms in total. The number of hydrazine groups is 1. The van der Waals surface area contributed by atoms with Gasteiger partial charge in [-0.1, -0.05) is 6.07 Å². The molecule has 1 aromatic heterocycles. The fourth-order valence-corrected chi connectivity index (χ4v) is 2.76. The van der Waals surface area contributed by atoms with E-state index in [9.17, 15) is 0 Å². The van der Waals surface area contributed by atoms with Crippen molar-refractivity contribution in [1.82, 2.24) is 5.43 Å². The van der Waals surface area contributed by atoms with Gasteiger partial charge >= 0.3 is 0 Å². The van der Waals surface area contributed by atoms with Gasteiger partial charge in [-0.3, -0.25) is 5.84 Å². The first-order valence-corrected chi connectivity index (χ1v) is 6.80. The lowest BCUT2D eigenvalue weighted by molar-refractivity contribution is 0.354. The largest absolute Gasteiger partial charge is 0.493 e. The van der Waals surface area contributed by atoms with E-state index >= 15 is 0 Å². The summed E-state index contributed by atoms with van der Waals surface area (Å²) >= 11 is 1.71. The monoisotopic (exact) mass is 278 g/mol. The zero-order chi connectivity index (χ0) is 13.8. The van der Waals surface area contributed by atoms with Gasteiger partial charge in [-0.05, 0) is 41.6 Å². The van der Waals surface area contributed by atoms with Crippen molar-refractivity contribution >= 4 is 11.3 Å². The maximum absolute atomic E-state index is 5.69. The first kappa shape index (κ1) is 13.9. The summed E-state index contributed by atoms with van der Waals surface area (Å²) in [5, 5.41) is 2.11. The topological polar surface area (TPSA) is 56.5 Å². The van der Waals surface area contributed by atoms with Crippen molar-refractivity contribution in [3.63, 3.8) is 0 Å². The molecule has 1 heterocycles. The second kappa shape index (κ2) is 6.06. The summed E-state index contributed by atoms with van der Waals surface area (Å²) < 4.78 is 10.6. The number of aryl methyl sites for hydroxylation is 1. The number of methoxy groups -OCH3 is 2. The third-order valence-electron chi connectivity index (χ3n) is 2.99. The first-order chi connectivity index (χ1) is 9.19. The fourth-order valence-electron chi connectivity index (χ4n) is 2.03. The van der Waals surface area contributed by atoms with Crippen molar-refractivity contribution < 1.29 is 9.47 Å². The highest BCUT2D eigenvalue weighted by Crippen LogP contribution is 2.33. The molecule has 1 aromatic carbocycles. The number of thiophene rings is 1. The molecule has 1 unspecified atom stereocenters. The van der Waals surface area contributed by atoms with Crippen molar-refractivity contribution in [2.75, 3.05) is 14.2 Å². The predicted octanol–water partition coefficient (Wildman–Crippen LogP) is 2.63. The highest BCUT2D eigenvalue weighted by atomic mass is 32.1. The summed E-state index contributed by atoms with van der Waals surface area (Å²) in [5.74, 6) is 7.10. The van der Waals surface area contributed by atoms with Gasteiger partial charge in [0, 0.05) is 4.88 Å². The number of nitrogens with two attached hydrogens (primary N) is 1. The van der Waals surface area contributed by atoms with Crippen LogP contribution in [0.4, 0.5) is 0 Å². The molecule has 0 amide bonds. The molecular weight excluding hydrogens is 260 g/mol. The number of ether oxygens (including phenoxy) is 2. The van der Waals surface area contributed by atoms with Crippen molar-refractivity contribution in [3.05, 3.63) is 45.6 Å². The lowest BCUT2D eigenvalue weighted by atomic mass is 10.0. The Hall–Kier alpha value is -1.56. The van der Waals surface area contributed by atoms with Crippen LogP contribution < -0.4 is 20.7 Å². The molecule has 102 valence electrons. The smallest absolute Gasteiger partial charge is 0.161 e. The summed E-state index contributed by atoms with van der Waals surface area (Å²) in [7, 11) is 3.25. The Kier molecular flexibility index (Phi) is 4.42. The number of nitrogens with one attached hydrogen (secondary N) is 1. The maximum Gasteiger partial charge on any atom is 0.161 e. The van der Waals surface area contributed by atoms with E-state index in [0.717, 1.165) is 11.1 Å². The van der Waals surface area contributed by atoms with E-state index in [4.69, 9.17) is 15.3 Å². The number of benzene rings is 1. The quantitative estimate of drug-likeness (QED) is 0.652. The lowest BCUT2D eigenvalue weighted by Gasteiger charge is -2.17. The van der Waals surface area contributed by atoms with Crippen molar-refractivity contribution in [1.29, 1.82) is 0 Å². The molecule has 2 aromatic rings. The summed E-state index contributed by atoms with van der Waals surface area (Å²) in [6, 6.07) is 7.89. The van der Waals surface area contributed by atoms with Crippen LogP contribution in [0.2, 0.25) is 0 Å². The molecular formula is C14H18N2O2S. The highest BCUT2D eigenvalue weighted by molar-refractivity contribution is 7.10. The zero-order valence-corrected chi connectivity index (χ0v) is 12.1. The molecule has 0 radical (unpaired) electrons. The Labute approximate surface area is 117 Å². The van der Waals surface area contributed by atoms with Gasteiger partial charge in [0.05, 0.1) is 20.3 Å². The summed E-state index contributed by atoms with van der Waals surface area (Å²) in [4.78, 5) is 1.26. The maximum atomic E-state index is 5.69. The third kappa shape index (κ3) is 2.89. The lowest BCUT2D eigenvalue weighted by Crippen LogP contribution is -2.28. The van der Waals surface area contributed by atoms with Gasteiger partial charge < -0.3 is 9.47 Å². The standard InChI is InChI=1S/C14H18N2O2S/c1-9-6-11(8-19-9)14(16-15)10-4-5-12(17-2)13(7-10)18-3/h4-8,14,16H,15H2,1-3H3. The molecule has 0 spiro atoms. The molecule has 0 bridgehead atoms. The van der Waals surface area contributed by atoms with E-state index in [2.05, 4.69) is 23.8 Å². The molecule has 19 heavy (non-hydrogen) atoms. The van der Waals surface area contributed by atoms with Gasteiger partial charge in [0.1, 0.15) is 0 Å². The van der Waals surface area contributed by atoms with Gasteiger partial charge in [0.25, 0.3) is 0 Å². The van der Waals surface area contributed by atoms with E-state index in [1.54, 1.807) is 25.6 Å². The molecule has 0 saturated carbocycles. The SMILES string of the molecule is COc1ccc(C(NN)c2csc(C)c2)cc1OC. The minimum Gasteiger partial charge on any atom is -0.493 e. The van der Waals surface area contributed by atoms with Gasteiger partial charge in [0.15, 0.2) is 11.5 Å². The van der Waals surface area contributed by atoms with Crippen molar-refractivity contribution in [2.24, 2.45) is 5.84 Å². The van der Waals surface area contributed by atoms with Crippen LogP contribution in [0.3, 0.4) is 0 Å². The van der Waals surface area contributed by atoms with Crippen LogP contribution in [0.1, 0.15) is 22.0 Å². The summed E-state index contributed by atoms with van der Waals surface area (Å²) in [6.07, 6.45) is 0. The highest BCUT2D eigenvalue weighted by Gasteiger charge is 2.16. The Morgan fingerprint density at radius 3 is 2.37 bits per heavy atom. The van der Waals surface area contributed by atoms with E-state index in [-0.39, 0.29) is 6.04 Å². The van der Waals surface area contributed by atoms with Gasteiger partial charge in [-0.25, -0.2) is 5.43 Å². The minimum absolute atomic E-state index is 0.0512. The molecule has 0 aliphatic rings. The molecule has 5 heteroatoms. The van der Waals surface area contributed by atoms with E-state index in [1.807, 2.05) is 18.2 Å². The second-order valence-electron chi connectivity index (χ2n) is 4.20. The first-order valence-electron chi connectivity index (χ1n) is 5.92. The van der Waals surface area contributed by atoms with Crippen LogP contribution in [0.15, 0.2) is 29.6 Å². The van der Waals surface area contributed by atoms with Gasteiger partial charge in [0.2, 0.25) is 0 Å². The normalized spacial score (nSPS) is 12.2. The van der Waals surface area contributed by atoms with Crippen LogP contribution >= 0.6 is 11.3 Å². The second-order valence-corrected chi connectivity index (χ2v) is 5.32. The van der Waals surface area contributed by atoms with E-state index in [0.29, 0.717) is 11.5 Å². The van der Waals surface area contributed by atoms with Gasteiger partial charge in [-0.15, -0.1) is 11.3 Å². The van der Waals surface area contributed by atoms with Crippen LogP contribution in [-0.4, -0.2) is 14.2 Å². The van der Waals surface area contributed by atoms with Crippen LogP contribution in [0, 0.1) is 6.92 Å². The molecule has 2 rings (SSSR count). The third-order valence-corrected chi connectivity index (χ3v) is 3.87. The van der Waals surface area contributed by atoms with E-state index < -0.39 is 0 Å². The average Bonchev–Trinajstić information content (AvgIpc) is 2.86. The van der Waals surface area contributed by atoms with Gasteiger partial charge in [-0.2, -0.15) is 0 Å². The Morgan fingerprint density at radius 1 is 1.11 bits per heavy atom. The Morgan fingerprint density at radius 2 is 1.84 bits per heavy atom. The molecule has 0 fully saturated rings. The predicted molar refractivity (Wildman–Crippen MR) is 77.8 cm³/mol. The zero-order valence-electron chi connectivity index (χ0n) is 11.3. The van der Waals surface area contributed by atoms with Crippen molar-refractivity contribution in [3.8, 4) is 11.5 Å². The Bertz CT molecular complexity index is 554. The summed E-state index contributed by atoms with van der Waals surface area (Å²) in [6.45, 7) is 2.08. The number of hydrogen-bond donors (Lipinski definition) is 2. The Balaban J connectivity index is 2.38. The van der Waals surface area contributed by atoms with Crippen LogP contribution in [0.5, 0.6) is 11.5 Å². The van der Waals surface area contributed by atoms with E-state index in [1.165, 1.54) is 4.88 Å².